The molecule has 10 atom stereocenters. The molecule has 0 aromatic rings. The van der Waals surface area contributed by atoms with E-state index in [-0.39, 0.29) is 11.7 Å². The molecule has 2 heterocycles. The van der Waals surface area contributed by atoms with Gasteiger partial charge in [0.1, 0.15) is 0 Å². The monoisotopic (exact) mass is 473 g/mol. The largest absolute Gasteiger partial charge is 0.393 e. The highest BCUT2D eigenvalue weighted by Gasteiger charge is 2.61. The first kappa shape index (κ1) is 23.1. The Morgan fingerprint density at radius 1 is 1.21 bits per heavy atom. The predicted molar refractivity (Wildman–Crippen MR) is 134 cm³/mol. The summed E-state index contributed by atoms with van der Waals surface area (Å²) in [4.78, 5) is 2.66. The molecule has 4 aliphatic carbocycles. The lowest BCUT2D eigenvalue weighted by Crippen LogP contribution is -2.52. The third-order valence-electron chi connectivity index (χ3n) is 11.5. The molecule has 4 fully saturated rings. The topological polar surface area (TPSA) is 32.7 Å². The zero-order chi connectivity index (χ0) is 23.1. The van der Waals surface area contributed by atoms with Crippen LogP contribution in [-0.4, -0.2) is 52.8 Å². The maximum Gasteiger partial charge on any atom is 0.0937 e. The Bertz CT molecular complexity index is 868. The van der Waals surface area contributed by atoms with E-state index in [0.29, 0.717) is 35.3 Å². The van der Waals surface area contributed by atoms with Crippen molar-refractivity contribution in [3.63, 3.8) is 0 Å². The maximum atomic E-state index is 10.3. The summed E-state index contributed by atoms with van der Waals surface area (Å²) in [6, 6.07) is 0.515. The molecule has 2 saturated heterocycles. The van der Waals surface area contributed by atoms with Crippen LogP contribution in [0, 0.1) is 35.0 Å². The summed E-state index contributed by atoms with van der Waals surface area (Å²) in [7, 11) is 0. The fraction of sp³-hybridized carbons (Fsp3) is 0.862. The van der Waals surface area contributed by atoms with E-state index in [1.165, 1.54) is 38.6 Å². The molecule has 1 spiro atoms. The molecule has 0 aromatic heterocycles. The summed E-state index contributed by atoms with van der Waals surface area (Å²) in [5, 5.41) is 10.3. The first-order valence-electron chi connectivity index (χ1n) is 13.8. The summed E-state index contributed by atoms with van der Waals surface area (Å²) in [6.45, 7) is 12.0. The number of piperidine rings is 1. The minimum absolute atomic E-state index is 0.0663. The van der Waals surface area contributed by atoms with E-state index >= 15 is 0 Å². The highest BCUT2D eigenvalue weighted by molar-refractivity contribution is 6.18. The van der Waals surface area contributed by atoms with Gasteiger partial charge in [0.15, 0.2) is 0 Å². The Morgan fingerprint density at radius 2 is 2.03 bits per heavy atom. The molecular weight excluding hydrogens is 430 g/mol. The van der Waals surface area contributed by atoms with Crippen LogP contribution < -0.4 is 0 Å². The number of nitrogens with zero attached hydrogens (tertiary/aromatic N) is 1. The second kappa shape index (κ2) is 8.08. The van der Waals surface area contributed by atoms with E-state index in [4.69, 9.17) is 16.3 Å². The lowest BCUT2D eigenvalue weighted by atomic mass is 9.56. The molecule has 3 nitrogen and oxygen atoms in total. The number of likely N-dealkylation sites (tertiary alicyclic amines) is 1. The molecule has 6 aliphatic rings. The standard InChI is InChI=1S/C29H44ClNO2/c1-17-13-26-27(31(16-17)12-11-30)19(3)29(33-26)10-8-22-23-6-5-20-14-21(32)7-9-28(20,4)25(23)15-24(22)18(29)2/h5,17,19,21-23,25-27,32H,6-16H2,1-4H3/t17?,19-,21?,22+,23?,25+,26?,27?,28?,29+/m1/s1. The molecule has 184 valence electrons. The average Bonchev–Trinajstić information content (AvgIpc) is 3.29. The van der Waals surface area contributed by atoms with Crippen LogP contribution in [0.15, 0.2) is 22.8 Å². The van der Waals surface area contributed by atoms with Crippen LogP contribution in [0.1, 0.15) is 79.1 Å². The van der Waals surface area contributed by atoms with Gasteiger partial charge < -0.3 is 9.84 Å². The number of hydrogen-bond acceptors (Lipinski definition) is 3. The van der Waals surface area contributed by atoms with Gasteiger partial charge in [0.2, 0.25) is 0 Å². The van der Waals surface area contributed by atoms with E-state index in [0.717, 1.165) is 43.6 Å². The molecule has 0 radical (unpaired) electrons. The van der Waals surface area contributed by atoms with Gasteiger partial charge in [-0.1, -0.05) is 38.0 Å². The minimum Gasteiger partial charge on any atom is -0.393 e. The van der Waals surface area contributed by atoms with Gasteiger partial charge in [0.05, 0.1) is 17.8 Å². The smallest absolute Gasteiger partial charge is 0.0937 e. The van der Waals surface area contributed by atoms with Gasteiger partial charge in [0, 0.05) is 30.9 Å². The fourth-order valence-corrected chi connectivity index (χ4v) is 10.0. The van der Waals surface area contributed by atoms with Gasteiger partial charge in [-0.25, -0.2) is 0 Å². The van der Waals surface area contributed by atoms with Crippen molar-refractivity contribution in [3.05, 3.63) is 22.8 Å². The van der Waals surface area contributed by atoms with Gasteiger partial charge in [-0.2, -0.15) is 0 Å². The van der Waals surface area contributed by atoms with E-state index in [9.17, 15) is 5.11 Å². The number of halogens is 1. The number of rotatable bonds is 2. The number of aliphatic hydroxyl groups is 1. The van der Waals surface area contributed by atoms with Crippen LogP contribution in [-0.2, 0) is 4.74 Å². The highest BCUT2D eigenvalue weighted by atomic mass is 35.5. The molecule has 4 heteroatoms. The van der Waals surface area contributed by atoms with Gasteiger partial charge in [0.25, 0.3) is 0 Å². The quantitative estimate of drug-likeness (QED) is 0.397. The van der Waals surface area contributed by atoms with Crippen molar-refractivity contribution < 1.29 is 9.84 Å². The molecule has 0 bridgehead atoms. The lowest BCUT2D eigenvalue weighted by Gasteiger charge is -2.49. The number of hydrogen-bond donors (Lipinski definition) is 1. The van der Waals surface area contributed by atoms with E-state index in [1.54, 1.807) is 16.7 Å². The first-order valence-corrected chi connectivity index (χ1v) is 14.4. The molecule has 6 unspecified atom stereocenters. The molecule has 1 N–H and O–H groups in total. The molecule has 0 amide bonds. The van der Waals surface area contributed by atoms with Gasteiger partial charge >= 0.3 is 0 Å². The Hall–Kier alpha value is -0.350. The number of allylic oxidation sites excluding steroid dienone is 2. The minimum atomic E-state index is -0.122. The van der Waals surface area contributed by atoms with Crippen molar-refractivity contribution >= 4 is 11.6 Å². The lowest BCUT2D eigenvalue weighted by molar-refractivity contribution is -0.0643. The third kappa shape index (κ3) is 3.24. The van der Waals surface area contributed by atoms with E-state index < -0.39 is 0 Å². The molecule has 6 rings (SSSR count). The van der Waals surface area contributed by atoms with Crippen molar-refractivity contribution in [1.82, 2.24) is 4.90 Å². The Labute approximate surface area is 206 Å². The number of ether oxygens (including phenoxy) is 1. The Morgan fingerprint density at radius 3 is 2.82 bits per heavy atom. The molecule has 2 saturated carbocycles. The van der Waals surface area contributed by atoms with Crippen molar-refractivity contribution in [2.75, 3.05) is 19.0 Å². The van der Waals surface area contributed by atoms with Crippen LogP contribution >= 0.6 is 11.6 Å². The van der Waals surface area contributed by atoms with Crippen molar-refractivity contribution in [1.29, 1.82) is 0 Å². The van der Waals surface area contributed by atoms with Crippen molar-refractivity contribution in [2.45, 2.75) is 103 Å². The van der Waals surface area contributed by atoms with Crippen molar-refractivity contribution in [3.8, 4) is 0 Å². The SMILES string of the molecule is CC1=C2C[C@H]3C(CC=C4CC(O)CCC43C)[C@@H]2CC[C@]12OC1CC(C)CN(CCCl)C1[C@H]2C. The zero-order valence-corrected chi connectivity index (χ0v) is 21.9. The van der Waals surface area contributed by atoms with Crippen LogP contribution in [0.4, 0.5) is 0 Å². The van der Waals surface area contributed by atoms with Crippen LogP contribution in [0.25, 0.3) is 0 Å². The summed E-state index contributed by atoms with van der Waals surface area (Å²) >= 11 is 6.24. The average molecular weight is 474 g/mol. The number of alkyl halides is 1. The second-order valence-electron chi connectivity index (χ2n) is 12.9. The summed E-state index contributed by atoms with van der Waals surface area (Å²) in [5.74, 6) is 4.22. The van der Waals surface area contributed by atoms with Gasteiger partial charge in [-0.15, -0.1) is 11.6 Å². The number of fused-ring (bicyclic) bond motifs is 6. The Balaban J connectivity index is 1.33. The van der Waals surface area contributed by atoms with Crippen LogP contribution in [0.2, 0.25) is 0 Å². The predicted octanol–water partition coefficient (Wildman–Crippen LogP) is 5.95. The summed E-state index contributed by atoms with van der Waals surface area (Å²) in [6.07, 6.45) is 12.0. The molecule has 0 aromatic carbocycles. The van der Waals surface area contributed by atoms with Crippen molar-refractivity contribution in [2.24, 2.45) is 35.0 Å². The first-order chi connectivity index (χ1) is 15.8. The van der Waals surface area contributed by atoms with Crippen LogP contribution in [0.3, 0.4) is 0 Å². The Kier molecular flexibility index (Phi) is 5.65. The number of aliphatic hydroxyl groups excluding tert-OH is 1. The normalized spacial score (nSPS) is 51.8. The van der Waals surface area contributed by atoms with Gasteiger partial charge in [-0.05, 0) is 93.0 Å². The highest BCUT2D eigenvalue weighted by Crippen LogP contribution is 2.65. The molecule has 2 aliphatic heterocycles. The molecular formula is C29H44ClNO2. The molecule has 33 heavy (non-hydrogen) atoms. The fourth-order valence-electron chi connectivity index (χ4n) is 9.83. The maximum absolute atomic E-state index is 10.3. The zero-order valence-electron chi connectivity index (χ0n) is 21.2. The van der Waals surface area contributed by atoms with E-state index in [2.05, 4.69) is 38.7 Å². The van der Waals surface area contributed by atoms with Gasteiger partial charge in [-0.3, -0.25) is 4.90 Å². The second-order valence-corrected chi connectivity index (χ2v) is 13.3. The van der Waals surface area contributed by atoms with Crippen LogP contribution in [0.5, 0.6) is 0 Å². The third-order valence-corrected chi connectivity index (χ3v) is 11.6. The summed E-state index contributed by atoms with van der Waals surface area (Å²) in [5.41, 5.74) is 5.16. The van der Waals surface area contributed by atoms with E-state index in [1.807, 2.05) is 0 Å². The summed E-state index contributed by atoms with van der Waals surface area (Å²) < 4.78 is 7.18.